The molecule has 0 saturated heterocycles. The largest absolute Gasteiger partial charge is 0.459 e. The molecule has 0 fully saturated rings. The van der Waals surface area contributed by atoms with E-state index in [1.807, 2.05) is 36.4 Å². The van der Waals surface area contributed by atoms with Gasteiger partial charge in [0.05, 0.1) is 19.4 Å². The van der Waals surface area contributed by atoms with E-state index < -0.39 is 11.8 Å². The molecule has 3 amide bonds. The number of benzene rings is 2. The summed E-state index contributed by atoms with van der Waals surface area (Å²) in [5.74, 6) is -0.949. The average Bonchev–Trinajstić information content (AvgIpc) is 3.35. The highest BCUT2D eigenvalue weighted by molar-refractivity contribution is 5.94. The van der Waals surface area contributed by atoms with Gasteiger partial charge in [0.1, 0.15) is 0 Å². The molecule has 160 valence electrons. The van der Waals surface area contributed by atoms with E-state index >= 15 is 0 Å². The molecule has 3 aromatic rings. The van der Waals surface area contributed by atoms with Crippen LogP contribution >= 0.6 is 0 Å². The van der Waals surface area contributed by atoms with Crippen LogP contribution in [0.15, 0.2) is 83.5 Å². The molecular formula is C24H25N3O4. The Morgan fingerprint density at radius 2 is 1.29 bits per heavy atom. The molecule has 0 aliphatic carbocycles. The van der Waals surface area contributed by atoms with Crippen LogP contribution in [-0.2, 0) is 9.59 Å². The number of hydrogen-bond donors (Lipinski definition) is 3. The Morgan fingerprint density at radius 3 is 1.87 bits per heavy atom. The maximum absolute atomic E-state index is 12.1. The molecular weight excluding hydrogens is 394 g/mol. The summed E-state index contributed by atoms with van der Waals surface area (Å²) in [6.45, 7) is 0.0755. The highest BCUT2D eigenvalue weighted by Gasteiger charge is 2.15. The first kappa shape index (κ1) is 21.8. The summed E-state index contributed by atoms with van der Waals surface area (Å²) >= 11 is 0. The van der Waals surface area contributed by atoms with E-state index in [2.05, 4.69) is 40.2 Å². The van der Waals surface area contributed by atoms with Gasteiger partial charge in [0, 0.05) is 12.5 Å². The van der Waals surface area contributed by atoms with E-state index in [0.717, 1.165) is 6.42 Å². The predicted octanol–water partition coefficient (Wildman–Crippen LogP) is 2.46. The molecule has 0 atom stereocenters. The molecule has 0 aliphatic rings. The van der Waals surface area contributed by atoms with Crippen molar-refractivity contribution in [2.24, 2.45) is 0 Å². The molecule has 0 saturated carbocycles. The number of nitrogens with one attached hydrogen (secondary N) is 3. The van der Waals surface area contributed by atoms with Crippen molar-refractivity contribution in [1.82, 2.24) is 16.0 Å². The molecule has 7 heteroatoms. The van der Waals surface area contributed by atoms with Gasteiger partial charge >= 0.3 is 0 Å². The molecule has 0 bridgehead atoms. The Kier molecular flexibility index (Phi) is 7.99. The zero-order chi connectivity index (χ0) is 21.9. The van der Waals surface area contributed by atoms with Crippen molar-refractivity contribution in [2.75, 3.05) is 19.6 Å². The Hall–Kier alpha value is -3.87. The van der Waals surface area contributed by atoms with E-state index in [9.17, 15) is 14.4 Å². The molecule has 1 heterocycles. The highest BCUT2D eigenvalue weighted by Crippen LogP contribution is 2.27. The van der Waals surface area contributed by atoms with Gasteiger partial charge in [-0.25, -0.2) is 0 Å². The zero-order valence-corrected chi connectivity index (χ0v) is 17.0. The first-order chi connectivity index (χ1) is 15.1. The molecule has 1 aromatic heterocycles. The number of carbonyl (C=O) groups excluding carboxylic acids is 3. The minimum atomic E-state index is -0.488. The summed E-state index contributed by atoms with van der Waals surface area (Å²) in [6.07, 6.45) is 2.10. The fraction of sp³-hybridized carbons (Fsp3) is 0.208. The van der Waals surface area contributed by atoms with Crippen LogP contribution in [0.3, 0.4) is 0 Å². The Morgan fingerprint density at radius 1 is 0.710 bits per heavy atom. The van der Waals surface area contributed by atoms with Gasteiger partial charge in [0.25, 0.3) is 5.91 Å². The molecule has 2 aromatic carbocycles. The monoisotopic (exact) mass is 419 g/mol. The zero-order valence-electron chi connectivity index (χ0n) is 17.0. The SMILES string of the molecule is O=C(CNC(=O)CNC(=O)c1ccco1)NCCC(c1ccccc1)c1ccccc1. The van der Waals surface area contributed by atoms with Crippen LogP contribution in [-0.4, -0.2) is 37.4 Å². The van der Waals surface area contributed by atoms with Gasteiger partial charge in [-0.05, 0) is 29.7 Å². The molecule has 7 nitrogen and oxygen atoms in total. The summed E-state index contributed by atoms with van der Waals surface area (Å²) in [5.41, 5.74) is 2.37. The normalized spacial score (nSPS) is 10.5. The highest BCUT2D eigenvalue weighted by atomic mass is 16.3. The van der Waals surface area contributed by atoms with Gasteiger partial charge in [-0.2, -0.15) is 0 Å². The van der Waals surface area contributed by atoms with Crippen LogP contribution in [0.5, 0.6) is 0 Å². The second-order valence-corrected chi connectivity index (χ2v) is 6.95. The van der Waals surface area contributed by atoms with Crippen molar-refractivity contribution in [3.05, 3.63) is 95.9 Å². The smallest absolute Gasteiger partial charge is 0.287 e. The Labute approximate surface area is 180 Å². The summed E-state index contributed by atoms with van der Waals surface area (Å²) < 4.78 is 4.95. The standard InChI is InChI=1S/C24H25N3O4/c28-22(16-26-23(29)17-27-24(30)21-12-7-15-31-21)25-14-13-20(18-8-3-1-4-9-18)19-10-5-2-6-11-19/h1-12,15,20H,13-14,16-17H2,(H,25,28)(H,26,29)(H,27,30). The first-order valence-corrected chi connectivity index (χ1v) is 10.1. The maximum atomic E-state index is 12.1. The first-order valence-electron chi connectivity index (χ1n) is 10.1. The molecule has 0 aliphatic heterocycles. The topological polar surface area (TPSA) is 100 Å². The van der Waals surface area contributed by atoms with Crippen LogP contribution in [0, 0.1) is 0 Å². The predicted molar refractivity (Wildman–Crippen MR) is 116 cm³/mol. The van der Waals surface area contributed by atoms with Gasteiger partial charge in [0.2, 0.25) is 11.8 Å². The van der Waals surface area contributed by atoms with E-state index in [1.54, 1.807) is 6.07 Å². The summed E-state index contributed by atoms with van der Waals surface area (Å²) in [4.78, 5) is 35.7. The molecule has 3 N–H and O–H groups in total. The number of carbonyl (C=O) groups is 3. The number of hydrogen-bond acceptors (Lipinski definition) is 4. The van der Waals surface area contributed by atoms with Crippen molar-refractivity contribution >= 4 is 17.7 Å². The lowest BCUT2D eigenvalue weighted by Crippen LogP contribution is -2.42. The summed E-state index contributed by atoms with van der Waals surface area (Å²) in [5, 5.41) is 7.75. The van der Waals surface area contributed by atoms with E-state index in [1.165, 1.54) is 23.5 Å². The van der Waals surface area contributed by atoms with Crippen LogP contribution < -0.4 is 16.0 Å². The third kappa shape index (κ3) is 6.85. The van der Waals surface area contributed by atoms with Crippen molar-refractivity contribution in [3.63, 3.8) is 0 Å². The fourth-order valence-electron chi connectivity index (χ4n) is 3.21. The van der Waals surface area contributed by atoms with Crippen LogP contribution in [0.2, 0.25) is 0 Å². The Bertz CT molecular complexity index is 933. The average molecular weight is 419 g/mol. The van der Waals surface area contributed by atoms with Crippen LogP contribution in [0.1, 0.15) is 34.0 Å². The maximum Gasteiger partial charge on any atom is 0.287 e. The molecule has 31 heavy (non-hydrogen) atoms. The molecule has 0 radical (unpaired) electrons. The minimum Gasteiger partial charge on any atom is -0.459 e. The quantitative estimate of drug-likeness (QED) is 0.470. The summed E-state index contributed by atoms with van der Waals surface area (Å²) in [6, 6.07) is 23.4. The molecule has 3 rings (SSSR count). The van der Waals surface area contributed by atoms with Crippen LogP contribution in [0.25, 0.3) is 0 Å². The number of rotatable bonds is 10. The minimum absolute atomic E-state index is 0.122. The number of furan rings is 1. The Balaban J connectivity index is 1.41. The van der Waals surface area contributed by atoms with E-state index in [0.29, 0.717) is 6.54 Å². The third-order valence-corrected chi connectivity index (χ3v) is 4.76. The van der Waals surface area contributed by atoms with Gasteiger partial charge < -0.3 is 20.4 Å². The second kappa shape index (κ2) is 11.3. The van der Waals surface area contributed by atoms with Crippen molar-refractivity contribution in [2.45, 2.75) is 12.3 Å². The van der Waals surface area contributed by atoms with Crippen molar-refractivity contribution < 1.29 is 18.8 Å². The van der Waals surface area contributed by atoms with Gasteiger partial charge in [-0.1, -0.05) is 60.7 Å². The second-order valence-electron chi connectivity index (χ2n) is 6.95. The third-order valence-electron chi connectivity index (χ3n) is 4.76. The lowest BCUT2D eigenvalue weighted by Gasteiger charge is -2.18. The molecule has 0 spiro atoms. The summed E-state index contributed by atoms with van der Waals surface area (Å²) in [7, 11) is 0. The van der Waals surface area contributed by atoms with Gasteiger partial charge in [-0.3, -0.25) is 14.4 Å². The van der Waals surface area contributed by atoms with Gasteiger partial charge in [-0.15, -0.1) is 0 Å². The van der Waals surface area contributed by atoms with Crippen molar-refractivity contribution in [1.29, 1.82) is 0 Å². The van der Waals surface area contributed by atoms with Crippen molar-refractivity contribution in [3.8, 4) is 0 Å². The van der Waals surface area contributed by atoms with Crippen LogP contribution in [0.4, 0.5) is 0 Å². The number of amides is 3. The fourth-order valence-corrected chi connectivity index (χ4v) is 3.21. The van der Waals surface area contributed by atoms with E-state index in [-0.39, 0.29) is 30.7 Å². The lowest BCUT2D eigenvalue weighted by molar-refractivity contribution is -0.125. The van der Waals surface area contributed by atoms with E-state index in [4.69, 9.17) is 4.42 Å². The molecule has 0 unspecified atom stereocenters. The van der Waals surface area contributed by atoms with Gasteiger partial charge in [0.15, 0.2) is 5.76 Å². The lowest BCUT2D eigenvalue weighted by atomic mass is 9.88.